The van der Waals surface area contributed by atoms with Gasteiger partial charge in [0, 0.05) is 30.5 Å². The third-order valence-corrected chi connectivity index (χ3v) is 4.56. The van der Waals surface area contributed by atoms with Crippen molar-refractivity contribution < 1.29 is 4.79 Å². The zero-order valence-corrected chi connectivity index (χ0v) is 15.1. The minimum Gasteiger partial charge on any atom is -0.335 e. The van der Waals surface area contributed by atoms with Crippen molar-refractivity contribution >= 4 is 17.1 Å². The molecule has 27 heavy (non-hydrogen) atoms. The van der Waals surface area contributed by atoms with Gasteiger partial charge in [-0.2, -0.15) is 0 Å². The van der Waals surface area contributed by atoms with E-state index in [1.54, 1.807) is 12.5 Å². The number of pyridine rings is 1. The van der Waals surface area contributed by atoms with Gasteiger partial charge in [-0.25, -0.2) is 9.97 Å². The van der Waals surface area contributed by atoms with E-state index in [1.165, 1.54) is 0 Å². The number of rotatable bonds is 5. The van der Waals surface area contributed by atoms with Crippen LogP contribution in [0.4, 0.5) is 0 Å². The maximum atomic E-state index is 13.1. The van der Waals surface area contributed by atoms with Gasteiger partial charge < -0.3 is 4.90 Å². The number of hydrogen-bond acceptors (Lipinski definition) is 3. The third kappa shape index (κ3) is 3.44. The van der Waals surface area contributed by atoms with Crippen LogP contribution in [0.2, 0.25) is 0 Å². The molecule has 0 saturated heterocycles. The lowest BCUT2D eigenvalue weighted by atomic mass is 10.1. The summed E-state index contributed by atoms with van der Waals surface area (Å²) < 4.78 is 1.90. The maximum Gasteiger partial charge on any atom is 0.254 e. The van der Waals surface area contributed by atoms with Gasteiger partial charge >= 0.3 is 0 Å². The zero-order valence-electron chi connectivity index (χ0n) is 15.1. The average molecular weight is 356 g/mol. The molecule has 0 aliphatic heterocycles. The standard InChI is InChI=1S/C22H20N4O/c1-2-25(15-17-8-4-3-5-9-17)22(27)18-10-6-11-19(14-18)26-16-24-20-12-7-13-23-21(20)26/h3-14,16H,2,15H2,1H3. The summed E-state index contributed by atoms with van der Waals surface area (Å²) in [6.07, 6.45) is 3.48. The van der Waals surface area contributed by atoms with Crippen molar-refractivity contribution in [3.8, 4) is 5.69 Å². The number of hydrogen-bond donors (Lipinski definition) is 0. The summed E-state index contributed by atoms with van der Waals surface area (Å²) >= 11 is 0. The topological polar surface area (TPSA) is 51.0 Å². The summed E-state index contributed by atoms with van der Waals surface area (Å²) in [5.41, 5.74) is 4.25. The molecular formula is C22H20N4O. The molecule has 0 aliphatic carbocycles. The van der Waals surface area contributed by atoms with Crippen molar-refractivity contribution in [2.24, 2.45) is 0 Å². The van der Waals surface area contributed by atoms with Gasteiger partial charge in [0.2, 0.25) is 0 Å². The van der Waals surface area contributed by atoms with Gasteiger partial charge in [0.25, 0.3) is 5.91 Å². The number of benzene rings is 2. The van der Waals surface area contributed by atoms with Crippen molar-refractivity contribution in [1.29, 1.82) is 0 Å². The van der Waals surface area contributed by atoms with Gasteiger partial charge in [-0.05, 0) is 42.8 Å². The van der Waals surface area contributed by atoms with E-state index in [-0.39, 0.29) is 5.91 Å². The third-order valence-electron chi connectivity index (χ3n) is 4.56. The monoisotopic (exact) mass is 356 g/mol. The molecule has 1 amide bonds. The van der Waals surface area contributed by atoms with Gasteiger partial charge in [-0.1, -0.05) is 36.4 Å². The van der Waals surface area contributed by atoms with Crippen LogP contribution in [0, 0.1) is 0 Å². The van der Waals surface area contributed by atoms with Crippen molar-refractivity contribution in [2.75, 3.05) is 6.54 Å². The first kappa shape index (κ1) is 17.0. The van der Waals surface area contributed by atoms with E-state index in [1.807, 2.05) is 83.1 Å². The number of imidazole rings is 1. The molecule has 4 aromatic rings. The molecule has 0 spiro atoms. The Hall–Kier alpha value is -3.47. The first-order chi connectivity index (χ1) is 13.3. The molecule has 0 saturated carbocycles. The number of nitrogens with zero attached hydrogens (tertiary/aromatic N) is 4. The molecule has 0 N–H and O–H groups in total. The molecule has 0 fully saturated rings. The van der Waals surface area contributed by atoms with Crippen LogP contribution in [0.15, 0.2) is 79.3 Å². The number of amides is 1. The van der Waals surface area contributed by atoms with Gasteiger partial charge in [0.1, 0.15) is 11.8 Å². The summed E-state index contributed by atoms with van der Waals surface area (Å²) in [4.78, 5) is 23.7. The fourth-order valence-electron chi connectivity index (χ4n) is 3.14. The highest BCUT2D eigenvalue weighted by Crippen LogP contribution is 2.18. The molecule has 5 nitrogen and oxygen atoms in total. The highest BCUT2D eigenvalue weighted by Gasteiger charge is 2.16. The van der Waals surface area contributed by atoms with Crippen LogP contribution >= 0.6 is 0 Å². The fourth-order valence-corrected chi connectivity index (χ4v) is 3.14. The molecule has 2 aromatic carbocycles. The molecule has 4 rings (SSSR count). The molecule has 5 heteroatoms. The Balaban J connectivity index is 1.64. The Labute approximate surface area is 157 Å². The predicted octanol–water partition coefficient (Wildman–Crippen LogP) is 4.08. The normalized spacial score (nSPS) is 10.9. The minimum atomic E-state index is 0.0144. The minimum absolute atomic E-state index is 0.0144. The number of fused-ring (bicyclic) bond motifs is 1. The summed E-state index contributed by atoms with van der Waals surface area (Å²) in [6, 6.07) is 21.4. The number of carbonyl (C=O) groups excluding carboxylic acids is 1. The second kappa shape index (κ2) is 7.41. The van der Waals surface area contributed by atoms with Crippen LogP contribution in [0.25, 0.3) is 16.9 Å². The molecule has 2 aromatic heterocycles. The second-order valence-electron chi connectivity index (χ2n) is 6.32. The van der Waals surface area contributed by atoms with Crippen LogP contribution in [0.5, 0.6) is 0 Å². The highest BCUT2D eigenvalue weighted by molar-refractivity contribution is 5.94. The lowest BCUT2D eigenvalue weighted by Gasteiger charge is -2.21. The quantitative estimate of drug-likeness (QED) is 0.541. The lowest BCUT2D eigenvalue weighted by molar-refractivity contribution is 0.0752. The van der Waals surface area contributed by atoms with Crippen molar-refractivity contribution in [3.63, 3.8) is 0 Å². The highest BCUT2D eigenvalue weighted by atomic mass is 16.2. The number of aromatic nitrogens is 3. The Bertz CT molecular complexity index is 1070. The van der Waals surface area contributed by atoms with E-state index >= 15 is 0 Å². The average Bonchev–Trinajstić information content (AvgIpc) is 3.16. The van der Waals surface area contributed by atoms with Gasteiger partial charge in [0.05, 0.1) is 0 Å². The molecule has 0 aliphatic rings. The summed E-state index contributed by atoms with van der Waals surface area (Å²) in [7, 11) is 0. The summed E-state index contributed by atoms with van der Waals surface area (Å²) in [6.45, 7) is 3.24. The van der Waals surface area contributed by atoms with Gasteiger partial charge in [0.15, 0.2) is 5.65 Å². The van der Waals surface area contributed by atoms with Crippen molar-refractivity contribution in [3.05, 3.63) is 90.4 Å². The van der Waals surface area contributed by atoms with Crippen molar-refractivity contribution in [1.82, 2.24) is 19.4 Å². The molecule has 0 atom stereocenters. The Morgan fingerprint density at radius 1 is 1.00 bits per heavy atom. The smallest absolute Gasteiger partial charge is 0.254 e. The van der Waals surface area contributed by atoms with Crippen LogP contribution in [-0.4, -0.2) is 31.9 Å². The Morgan fingerprint density at radius 3 is 2.67 bits per heavy atom. The van der Waals surface area contributed by atoms with E-state index in [4.69, 9.17) is 0 Å². The molecule has 0 bridgehead atoms. The molecule has 0 radical (unpaired) electrons. The van der Waals surface area contributed by atoms with Crippen LogP contribution < -0.4 is 0 Å². The van der Waals surface area contributed by atoms with E-state index < -0.39 is 0 Å². The second-order valence-corrected chi connectivity index (χ2v) is 6.32. The van der Waals surface area contributed by atoms with Gasteiger partial charge in [-0.15, -0.1) is 0 Å². The van der Waals surface area contributed by atoms with Gasteiger partial charge in [-0.3, -0.25) is 9.36 Å². The summed E-state index contributed by atoms with van der Waals surface area (Å²) in [5.74, 6) is 0.0144. The molecule has 0 unspecified atom stereocenters. The van der Waals surface area contributed by atoms with E-state index in [9.17, 15) is 4.79 Å². The van der Waals surface area contributed by atoms with Crippen LogP contribution in [-0.2, 0) is 6.54 Å². The first-order valence-electron chi connectivity index (χ1n) is 8.98. The SMILES string of the molecule is CCN(Cc1ccccc1)C(=O)c1cccc(-n2cnc3cccnc32)c1. The molecule has 134 valence electrons. The van der Waals surface area contributed by atoms with E-state index in [0.717, 1.165) is 22.4 Å². The fraction of sp³-hybridized carbons (Fsp3) is 0.136. The first-order valence-corrected chi connectivity index (χ1v) is 8.98. The van der Waals surface area contributed by atoms with Crippen LogP contribution in [0.1, 0.15) is 22.8 Å². The van der Waals surface area contributed by atoms with Crippen LogP contribution in [0.3, 0.4) is 0 Å². The van der Waals surface area contributed by atoms with Crippen molar-refractivity contribution in [2.45, 2.75) is 13.5 Å². The Kier molecular flexibility index (Phi) is 4.66. The lowest BCUT2D eigenvalue weighted by Crippen LogP contribution is -2.30. The zero-order chi connectivity index (χ0) is 18.6. The largest absolute Gasteiger partial charge is 0.335 e. The summed E-state index contributed by atoms with van der Waals surface area (Å²) in [5, 5.41) is 0. The Morgan fingerprint density at radius 2 is 1.85 bits per heavy atom. The number of carbonyl (C=O) groups is 1. The van der Waals surface area contributed by atoms with E-state index in [2.05, 4.69) is 9.97 Å². The maximum absolute atomic E-state index is 13.1. The molecular weight excluding hydrogens is 336 g/mol. The molecule has 2 heterocycles. The predicted molar refractivity (Wildman–Crippen MR) is 106 cm³/mol. The van der Waals surface area contributed by atoms with E-state index in [0.29, 0.717) is 18.7 Å².